The third-order valence-electron chi connectivity index (χ3n) is 3.33. The van der Waals surface area contributed by atoms with E-state index in [1.807, 2.05) is 49.4 Å². The number of hydrogen-bond acceptors (Lipinski definition) is 2. The van der Waals surface area contributed by atoms with Gasteiger partial charge in [-0.1, -0.05) is 33.6 Å². The molecular weight excluding hydrogens is 318 g/mol. The normalized spacial score (nSPS) is 13.6. The molecule has 0 bridgehead atoms. The van der Waals surface area contributed by atoms with Crippen LogP contribution in [0, 0.1) is 6.92 Å². The van der Waals surface area contributed by atoms with Crippen molar-refractivity contribution < 1.29 is 9.53 Å². The topological polar surface area (TPSA) is 29.5 Å². The number of aryl methyl sites for hydroxylation is 1. The third kappa shape index (κ3) is 2.43. The van der Waals surface area contributed by atoms with E-state index < -0.39 is 0 Å². The highest BCUT2D eigenvalue weighted by Gasteiger charge is 2.24. The van der Waals surface area contributed by atoms with E-state index in [1.54, 1.807) is 4.90 Å². The number of ether oxygens (including phenoxy) is 1. The van der Waals surface area contributed by atoms with E-state index in [4.69, 9.17) is 4.74 Å². The standard InChI is InChI=1S/C16H14BrNO2/c1-11-2-4-12(5-3-11)16(19)18-8-9-20-15-10-13(17)6-7-14(15)18/h2-7,10H,8-9H2,1H3. The molecule has 3 rings (SSSR count). The maximum absolute atomic E-state index is 12.6. The Bertz CT molecular complexity index is 652. The van der Waals surface area contributed by atoms with Crippen LogP contribution in [0.4, 0.5) is 5.69 Å². The number of carbonyl (C=O) groups is 1. The summed E-state index contributed by atoms with van der Waals surface area (Å²) in [5.41, 5.74) is 2.67. The quantitative estimate of drug-likeness (QED) is 0.795. The van der Waals surface area contributed by atoms with Gasteiger partial charge in [-0.05, 0) is 37.3 Å². The van der Waals surface area contributed by atoms with E-state index in [9.17, 15) is 4.79 Å². The van der Waals surface area contributed by atoms with Crippen molar-refractivity contribution in [3.63, 3.8) is 0 Å². The van der Waals surface area contributed by atoms with Crippen molar-refractivity contribution in [1.29, 1.82) is 0 Å². The highest BCUT2D eigenvalue weighted by Crippen LogP contribution is 2.34. The summed E-state index contributed by atoms with van der Waals surface area (Å²) in [6, 6.07) is 13.4. The molecule has 0 fully saturated rings. The lowest BCUT2D eigenvalue weighted by Gasteiger charge is -2.29. The van der Waals surface area contributed by atoms with Gasteiger partial charge < -0.3 is 9.64 Å². The van der Waals surface area contributed by atoms with Gasteiger partial charge in [0, 0.05) is 10.0 Å². The van der Waals surface area contributed by atoms with Crippen LogP contribution < -0.4 is 9.64 Å². The molecule has 1 amide bonds. The maximum Gasteiger partial charge on any atom is 0.258 e. The number of carbonyl (C=O) groups excluding carboxylic acids is 1. The second kappa shape index (κ2) is 5.29. The molecule has 20 heavy (non-hydrogen) atoms. The summed E-state index contributed by atoms with van der Waals surface area (Å²) in [5, 5.41) is 0. The minimum atomic E-state index is 0.0110. The number of fused-ring (bicyclic) bond motifs is 1. The number of hydrogen-bond donors (Lipinski definition) is 0. The Morgan fingerprint density at radius 3 is 2.70 bits per heavy atom. The first-order chi connectivity index (χ1) is 9.65. The van der Waals surface area contributed by atoms with Gasteiger partial charge in [-0.2, -0.15) is 0 Å². The lowest BCUT2D eigenvalue weighted by Crippen LogP contribution is -2.37. The van der Waals surface area contributed by atoms with E-state index >= 15 is 0 Å². The number of anilines is 1. The maximum atomic E-state index is 12.6. The van der Waals surface area contributed by atoms with Gasteiger partial charge >= 0.3 is 0 Å². The molecule has 102 valence electrons. The minimum absolute atomic E-state index is 0.0110. The van der Waals surface area contributed by atoms with Crippen molar-refractivity contribution in [2.45, 2.75) is 6.92 Å². The molecule has 0 saturated carbocycles. The molecule has 4 heteroatoms. The minimum Gasteiger partial charge on any atom is -0.489 e. The summed E-state index contributed by atoms with van der Waals surface area (Å²) in [4.78, 5) is 14.4. The average molecular weight is 332 g/mol. The van der Waals surface area contributed by atoms with E-state index in [2.05, 4.69) is 15.9 Å². The fraction of sp³-hybridized carbons (Fsp3) is 0.188. The predicted molar refractivity (Wildman–Crippen MR) is 82.5 cm³/mol. The summed E-state index contributed by atoms with van der Waals surface area (Å²) >= 11 is 3.42. The fourth-order valence-corrected chi connectivity index (χ4v) is 2.60. The van der Waals surface area contributed by atoms with Crippen LogP contribution in [0.5, 0.6) is 5.75 Å². The van der Waals surface area contributed by atoms with Gasteiger partial charge in [-0.3, -0.25) is 4.79 Å². The molecule has 0 spiro atoms. The Labute approximate surface area is 126 Å². The predicted octanol–water partition coefficient (Wildman–Crippen LogP) is 3.80. The van der Waals surface area contributed by atoms with E-state index in [0.717, 1.165) is 21.5 Å². The first-order valence-electron chi connectivity index (χ1n) is 6.46. The third-order valence-corrected chi connectivity index (χ3v) is 3.82. The van der Waals surface area contributed by atoms with Crippen LogP contribution in [-0.4, -0.2) is 19.1 Å². The van der Waals surface area contributed by atoms with Gasteiger partial charge in [0.05, 0.1) is 12.2 Å². The van der Waals surface area contributed by atoms with Crippen molar-refractivity contribution in [3.05, 3.63) is 58.1 Å². The Kier molecular flexibility index (Phi) is 3.49. The molecule has 2 aromatic rings. The average Bonchev–Trinajstić information content (AvgIpc) is 2.46. The van der Waals surface area contributed by atoms with E-state index in [0.29, 0.717) is 18.7 Å². The molecule has 0 N–H and O–H groups in total. The highest BCUT2D eigenvalue weighted by molar-refractivity contribution is 9.10. The van der Waals surface area contributed by atoms with Crippen molar-refractivity contribution in [1.82, 2.24) is 0 Å². The van der Waals surface area contributed by atoms with E-state index in [-0.39, 0.29) is 5.91 Å². The molecular formula is C16H14BrNO2. The van der Waals surface area contributed by atoms with Crippen molar-refractivity contribution in [3.8, 4) is 5.75 Å². The summed E-state index contributed by atoms with van der Waals surface area (Å²) < 4.78 is 6.56. The summed E-state index contributed by atoms with van der Waals surface area (Å²) in [7, 11) is 0. The van der Waals surface area contributed by atoms with Gasteiger partial charge in [0.2, 0.25) is 0 Å². The Morgan fingerprint density at radius 2 is 1.95 bits per heavy atom. The van der Waals surface area contributed by atoms with Crippen LogP contribution in [0.25, 0.3) is 0 Å². The molecule has 0 radical (unpaired) electrons. The molecule has 2 aromatic carbocycles. The molecule has 0 unspecified atom stereocenters. The molecule has 1 aliphatic rings. The van der Waals surface area contributed by atoms with Crippen LogP contribution in [-0.2, 0) is 0 Å². The number of amides is 1. The first-order valence-corrected chi connectivity index (χ1v) is 7.25. The van der Waals surface area contributed by atoms with Gasteiger partial charge in [0.25, 0.3) is 5.91 Å². The molecule has 0 aromatic heterocycles. The number of halogens is 1. The lowest BCUT2D eigenvalue weighted by atomic mass is 10.1. The SMILES string of the molecule is Cc1ccc(C(=O)N2CCOc3cc(Br)ccc32)cc1. The van der Waals surface area contributed by atoms with Crippen molar-refractivity contribution in [2.75, 3.05) is 18.1 Å². The monoisotopic (exact) mass is 331 g/mol. The van der Waals surface area contributed by atoms with Crippen LogP contribution in [0.3, 0.4) is 0 Å². The number of nitrogens with zero attached hydrogens (tertiary/aromatic N) is 1. The molecule has 0 aliphatic carbocycles. The van der Waals surface area contributed by atoms with Crippen LogP contribution >= 0.6 is 15.9 Å². The Hall–Kier alpha value is -1.81. The van der Waals surface area contributed by atoms with Gasteiger partial charge in [-0.25, -0.2) is 0 Å². The Balaban J connectivity index is 1.96. The zero-order chi connectivity index (χ0) is 14.1. The molecule has 1 aliphatic heterocycles. The summed E-state index contributed by atoms with van der Waals surface area (Å²) in [6.45, 7) is 3.10. The van der Waals surface area contributed by atoms with Gasteiger partial charge in [0.1, 0.15) is 12.4 Å². The fourth-order valence-electron chi connectivity index (χ4n) is 2.26. The van der Waals surface area contributed by atoms with E-state index in [1.165, 1.54) is 0 Å². The highest BCUT2D eigenvalue weighted by atomic mass is 79.9. The largest absolute Gasteiger partial charge is 0.489 e. The van der Waals surface area contributed by atoms with Crippen molar-refractivity contribution >= 4 is 27.5 Å². The number of benzene rings is 2. The molecule has 1 heterocycles. The summed E-state index contributed by atoms with van der Waals surface area (Å²) in [5.74, 6) is 0.753. The first kappa shape index (κ1) is 13.2. The zero-order valence-electron chi connectivity index (χ0n) is 11.1. The molecule has 0 saturated heterocycles. The zero-order valence-corrected chi connectivity index (χ0v) is 12.7. The second-order valence-corrected chi connectivity index (χ2v) is 5.70. The molecule has 3 nitrogen and oxygen atoms in total. The van der Waals surface area contributed by atoms with Gasteiger partial charge in [0.15, 0.2) is 0 Å². The number of rotatable bonds is 1. The van der Waals surface area contributed by atoms with Crippen LogP contribution in [0.15, 0.2) is 46.9 Å². The van der Waals surface area contributed by atoms with Crippen molar-refractivity contribution in [2.24, 2.45) is 0 Å². The molecule has 0 atom stereocenters. The van der Waals surface area contributed by atoms with Crippen LogP contribution in [0.2, 0.25) is 0 Å². The smallest absolute Gasteiger partial charge is 0.258 e. The Morgan fingerprint density at radius 1 is 1.20 bits per heavy atom. The van der Waals surface area contributed by atoms with Gasteiger partial charge in [-0.15, -0.1) is 0 Å². The van der Waals surface area contributed by atoms with Crippen LogP contribution in [0.1, 0.15) is 15.9 Å². The lowest BCUT2D eigenvalue weighted by molar-refractivity contribution is 0.0976. The second-order valence-electron chi connectivity index (χ2n) is 4.78. The summed E-state index contributed by atoms with van der Waals surface area (Å²) in [6.07, 6.45) is 0.